The van der Waals surface area contributed by atoms with Gasteiger partial charge in [-0.2, -0.15) is 0 Å². The number of aromatic nitrogens is 1. The van der Waals surface area contributed by atoms with Gasteiger partial charge in [-0.25, -0.2) is 13.1 Å². The average Bonchev–Trinajstić information content (AvgIpc) is 3.19. The molecule has 9 heteroatoms. The molecule has 1 aliphatic carbocycles. The molecule has 1 fully saturated rings. The molecular weight excluding hydrogens is 390 g/mol. The number of nitrogens with zero attached hydrogens (tertiary/aromatic N) is 2. The van der Waals surface area contributed by atoms with Crippen molar-refractivity contribution in [3.8, 4) is 0 Å². The summed E-state index contributed by atoms with van der Waals surface area (Å²) in [4.78, 5) is 8.81. The van der Waals surface area contributed by atoms with Crippen LogP contribution in [0.4, 0.5) is 0 Å². The summed E-state index contributed by atoms with van der Waals surface area (Å²) in [6, 6.07) is 3.13. The van der Waals surface area contributed by atoms with E-state index in [0.717, 1.165) is 38.7 Å². The Bertz CT molecular complexity index is 719. The molecule has 0 aliphatic heterocycles. The largest absolute Gasteiger partial charge is 0.382 e. The van der Waals surface area contributed by atoms with E-state index in [-0.39, 0.29) is 16.9 Å². The Labute approximate surface area is 175 Å². The van der Waals surface area contributed by atoms with Crippen molar-refractivity contribution in [2.45, 2.75) is 50.8 Å². The van der Waals surface area contributed by atoms with E-state index in [0.29, 0.717) is 6.54 Å². The Balaban J connectivity index is 1.85. The van der Waals surface area contributed by atoms with Crippen molar-refractivity contribution in [2.24, 2.45) is 10.4 Å². The highest BCUT2D eigenvalue weighted by Gasteiger charge is 2.33. The van der Waals surface area contributed by atoms with Crippen LogP contribution in [-0.2, 0) is 14.8 Å². The second kappa shape index (κ2) is 12.1. The second-order valence-corrected chi connectivity index (χ2v) is 9.13. The molecule has 8 nitrogen and oxygen atoms in total. The number of nitrogens with one attached hydrogen (secondary N) is 3. The molecule has 1 aromatic rings. The molecule has 0 unspecified atom stereocenters. The molecule has 1 heterocycles. The van der Waals surface area contributed by atoms with E-state index >= 15 is 0 Å². The van der Waals surface area contributed by atoms with E-state index in [9.17, 15) is 8.42 Å². The molecule has 0 radical (unpaired) electrons. The van der Waals surface area contributed by atoms with Crippen molar-refractivity contribution in [3.05, 3.63) is 24.5 Å². The minimum Gasteiger partial charge on any atom is -0.382 e. The minimum absolute atomic E-state index is 0.165. The third kappa shape index (κ3) is 7.91. The number of rotatable bonds is 12. The molecule has 1 saturated carbocycles. The Morgan fingerprint density at radius 2 is 2.03 bits per heavy atom. The first-order valence-electron chi connectivity index (χ1n) is 10.5. The molecule has 164 valence electrons. The SMILES string of the molecule is CCNC(=NCC1(CCOCC)CCCC1)NCCNS(=O)(=O)c1cccnc1. The van der Waals surface area contributed by atoms with E-state index in [2.05, 4.69) is 20.3 Å². The van der Waals surface area contributed by atoms with Crippen LogP contribution >= 0.6 is 0 Å². The fourth-order valence-corrected chi connectivity index (χ4v) is 4.58. The van der Waals surface area contributed by atoms with E-state index < -0.39 is 10.0 Å². The van der Waals surface area contributed by atoms with Crippen LogP contribution in [0.1, 0.15) is 46.0 Å². The molecule has 0 amide bonds. The maximum atomic E-state index is 12.2. The molecule has 0 saturated heterocycles. The number of sulfonamides is 1. The summed E-state index contributed by atoms with van der Waals surface area (Å²) in [7, 11) is -3.55. The molecule has 3 N–H and O–H groups in total. The maximum absolute atomic E-state index is 12.2. The van der Waals surface area contributed by atoms with Gasteiger partial charge < -0.3 is 15.4 Å². The van der Waals surface area contributed by atoms with Crippen molar-refractivity contribution >= 4 is 16.0 Å². The summed E-state index contributed by atoms with van der Waals surface area (Å²) >= 11 is 0. The highest BCUT2D eigenvalue weighted by atomic mass is 32.2. The Hall–Kier alpha value is -1.71. The minimum atomic E-state index is -3.55. The molecule has 1 aliphatic rings. The van der Waals surface area contributed by atoms with Crippen LogP contribution in [0.15, 0.2) is 34.4 Å². The summed E-state index contributed by atoms with van der Waals surface area (Å²) in [5.41, 5.74) is 0.222. The number of hydrogen-bond acceptors (Lipinski definition) is 5. The molecule has 0 bridgehead atoms. The van der Waals surface area contributed by atoms with Crippen LogP contribution in [0.3, 0.4) is 0 Å². The van der Waals surface area contributed by atoms with Crippen molar-refractivity contribution in [2.75, 3.05) is 39.4 Å². The lowest BCUT2D eigenvalue weighted by atomic mass is 9.83. The predicted molar refractivity (Wildman–Crippen MR) is 115 cm³/mol. The number of ether oxygens (including phenoxy) is 1. The summed E-state index contributed by atoms with van der Waals surface area (Å²) in [6.07, 6.45) is 8.80. The van der Waals surface area contributed by atoms with Gasteiger partial charge in [0.1, 0.15) is 4.90 Å². The fourth-order valence-electron chi connectivity index (χ4n) is 3.59. The summed E-state index contributed by atoms with van der Waals surface area (Å²) in [5.74, 6) is 0.718. The second-order valence-electron chi connectivity index (χ2n) is 7.36. The van der Waals surface area contributed by atoms with Gasteiger partial charge in [0.25, 0.3) is 0 Å². The first-order chi connectivity index (χ1) is 14.0. The Kier molecular flexibility index (Phi) is 9.83. The zero-order valence-corrected chi connectivity index (χ0v) is 18.4. The predicted octanol–water partition coefficient (Wildman–Crippen LogP) is 1.90. The van der Waals surface area contributed by atoms with Crippen LogP contribution in [0.2, 0.25) is 0 Å². The highest BCUT2D eigenvalue weighted by molar-refractivity contribution is 7.89. The van der Waals surface area contributed by atoms with E-state index in [1.165, 1.54) is 37.9 Å². The van der Waals surface area contributed by atoms with Crippen LogP contribution < -0.4 is 15.4 Å². The smallest absolute Gasteiger partial charge is 0.242 e. The first-order valence-corrected chi connectivity index (χ1v) is 12.0. The quantitative estimate of drug-likeness (QED) is 0.268. The zero-order chi connectivity index (χ0) is 21.0. The summed E-state index contributed by atoms with van der Waals surface area (Å²) in [6.45, 7) is 7.78. The molecule has 0 aromatic carbocycles. The van der Waals surface area contributed by atoms with Gasteiger partial charge in [-0.05, 0) is 50.7 Å². The van der Waals surface area contributed by atoms with Crippen molar-refractivity contribution < 1.29 is 13.2 Å². The first kappa shape index (κ1) is 23.6. The average molecular weight is 426 g/mol. The van der Waals surface area contributed by atoms with Crippen molar-refractivity contribution in [1.82, 2.24) is 20.3 Å². The third-order valence-electron chi connectivity index (χ3n) is 5.22. The number of pyridine rings is 1. The van der Waals surface area contributed by atoms with Gasteiger partial charge in [0.15, 0.2) is 5.96 Å². The molecule has 0 spiro atoms. The van der Waals surface area contributed by atoms with Gasteiger partial charge in [-0.1, -0.05) is 12.8 Å². The lowest BCUT2D eigenvalue weighted by Crippen LogP contribution is -2.42. The molecular formula is C20H35N5O3S. The van der Waals surface area contributed by atoms with Gasteiger partial charge in [0, 0.05) is 51.8 Å². The molecule has 0 atom stereocenters. The fraction of sp³-hybridized carbons (Fsp3) is 0.700. The zero-order valence-electron chi connectivity index (χ0n) is 17.6. The molecule has 29 heavy (non-hydrogen) atoms. The maximum Gasteiger partial charge on any atom is 0.242 e. The van der Waals surface area contributed by atoms with Gasteiger partial charge in [-0.15, -0.1) is 0 Å². The number of guanidine groups is 1. The van der Waals surface area contributed by atoms with Crippen LogP contribution in [0.5, 0.6) is 0 Å². The normalized spacial score (nSPS) is 16.7. The molecule has 1 aromatic heterocycles. The third-order valence-corrected chi connectivity index (χ3v) is 6.66. The Morgan fingerprint density at radius 1 is 1.24 bits per heavy atom. The number of aliphatic imine (C=N–C) groups is 1. The standard InChI is InChI=1S/C20H35N5O3S/c1-3-22-19(24-17-20(9-5-6-10-20)11-15-28-4-2)23-13-14-25-29(26,27)18-8-7-12-21-16-18/h7-8,12,16,25H,3-6,9-11,13-15,17H2,1-2H3,(H2,22,23,24). The lowest BCUT2D eigenvalue weighted by Gasteiger charge is -2.27. The van der Waals surface area contributed by atoms with Crippen LogP contribution in [0.25, 0.3) is 0 Å². The van der Waals surface area contributed by atoms with Gasteiger partial charge in [0.05, 0.1) is 0 Å². The topological polar surface area (TPSA) is 105 Å². The van der Waals surface area contributed by atoms with Crippen LogP contribution in [-0.4, -0.2) is 58.8 Å². The highest BCUT2D eigenvalue weighted by Crippen LogP contribution is 2.41. The van der Waals surface area contributed by atoms with E-state index in [4.69, 9.17) is 9.73 Å². The monoisotopic (exact) mass is 425 g/mol. The number of hydrogen-bond donors (Lipinski definition) is 3. The molecule has 2 rings (SSSR count). The van der Waals surface area contributed by atoms with Crippen molar-refractivity contribution in [1.29, 1.82) is 0 Å². The van der Waals surface area contributed by atoms with E-state index in [1.807, 2.05) is 13.8 Å². The van der Waals surface area contributed by atoms with Gasteiger partial charge in [0.2, 0.25) is 10.0 Å². The van der Waals surface area contributed by atoms with Crippen molar-refractivity contribution in [3.63, 3.8) is 0 Å². The van der Waals surface area contributed by atoms with Gasteiger partial charge in [-0.3, -0.25) is 9.98 Å². The summed E-state index contributed by atoms with van der Waals surface area (Å²) in [5, 5.41) is 6.46. The van der Waals surface area contributed by atoms with Crippen LogP contribution in [0, 0.1) is 5.41 Å². The summed E-state index contributed by atoms with van der Waals surface area (Å²) < 4.78 is 32.6. The Morgan fingerprint density at radius 3 is 2.69 bits per heavy atom. The lowest BCUT2D eigenvalue weighted by molar-refractivity contribution is 0.107. The van der Waals surface area contributed by atoms with E-state index in [1.54, 1.807) is 12.3 Å². The van der Waals surface area contributed by atoms with Gasteiger partial charge >= 0.3 is 0 Å².